The van der Waals surface area contributed by atoms with E-state index in [-0.39, 0.29) is 11.9 Å². The molecule has 0 aliphatic carbocycles. The van der Waals surface area contributed by atoms with Crippen molar-refractivity contribution in [1.82, 2.24) is 10.2 Å². The third-order valence-corrected chi connectivity index (χ3v) is 4.50. The predicted octanol–water partition coefficient (Wildman–Crippen LogP) is 1.74. The first-order valence-corrected chi connectivity index (χ1v) is 7.79. The van der Waals surface area contributed by atoms with Crippen LogP contribution in [0, 0.1) is 5.92 Å². The molecule has 0 spiro atoms. The van der Waals surface area contributed by atoms with Gasteiger partial charge < -0.3 is 11.1 Å². The molecule has 0 radical (unpaired) electrons. The van der Waals surface area contributed by atoms with Crippen molar-refractivity contribution in [3.63, 3.8) is 0 Å². The standard InChI is InChI=1S/C15H31N3O/c1-5-13(6-2)17-15(19)12(4)18-8-7-11(3)9-14(18)10-16/h11-14H,5-10,16H2,1-4H3,(H,17,19). The van der Waals surface area contributed by atoms with Crippen molar-refractivity contribution in [2.75, 3.05) is 13.1 Å². The van der Waals surface area contributed by atoms with Gasteiger partial charge >= 0.3 is 0 Å². The summed E-state index contributed by atoms with van der Waals surface area (Å²) in [6, 6.07) is 0.586. The normalized spacial score (nSPS) is 26.4. The molecule has 1 saturated heterocycles. The minimum absolute atomic E-state index is 0.0679. The molecule has 0 saturated carbocycles. The highest BCUT2D eigenvalue weighted by molar-refractivity contribution is 5.81. The molecule has 4 heteroatoms. The Labute approximate surface area is 118 Å². The Balaban J connectivity index is 2.59. The van der Waals surface area contributed by atoms with Crippen molar-refractivity contribution in [3.8, 4) is 0 Å². The summed E-state index contributed by atoms with van der Waals surface area (Å²) in [7, 11) is 0. The van der Waals surface area contributed by atoms with Crippen LogP contribution in [0.3, 0.4) is 0 Å². The molecule has 4 nitrogen and oxygen atoms in total. The number of likely N-dealkylation sites (tertiary alicyclic amines) is 1. The number of rotatable bonds is 6. The number of piperidine rings is 1. The van der Waals surface area contributed by atoms with Gasteiger partial charge in [-0.3, -0.25) is 9.69 Å². The number of nitrogens with one attached hydrogen (secondary N) is 1. The van der Waals surface area contributed by atoms with Gasteiger partial charge in [0.1, 0.15) is 0 Å². The van der Waals surface area contributed by atoms with Crippen LogP contribution < -0.4 is 11.1 Å². The van der Waals surface area contributed by atoms with E-state index in [1.165, 1.54) is 6.42 Å². The van der Waals surface area contributed by atoms with Crippen molar-refractivity contribution >= 4 is 5.91 Å². The lowest BCUT2D eigenvalue weighted by molar-refractivity contribution is -0.128. The molecular weight excluding hydrogens is 238 g/mol. The van der Waals surface area contributed by atoms with E-state index in [9.17, 15) is 4.79 Å². The van der Waals surface area contributed by atoms with Gasteiger partial charge in [-0.2, -0.15) is 0 Å². The fourth-order valence-corrected chi connectivity index (χ4v) is 2.98. The Hall–Kier alpha value is -0.610. The molecule has 19 heavy (non-hydrogen) atoms. The summed E-state index contributed by atoms with van der Waals surface area (Å²) in [5.41, 5.74) is 5.87. The summed E-state index contributed by atoms with van der Waals surface area (Å²) >= 11 is 0. The maximum Gasteiger partial charge on any atom is 0.237 e. The summed E-state index contributed by atoms with van der Waals surface area (Å²) in [4.78, 5) is 14.6. The van der Waals surface area contributed by atoms with Gasteiger partial charge in [0.2, 0.25) is 5.91 Å². The largest absolute Gasteiger partial charge is 0.352 e. The second-order valence-electron chi connectivity index (χ2n) is 5.95. The van der Waals surface area contributed by atoms with Crippen LogP contribution in [0.4, 0.5) is 0 Å². The zero-order chi connectivity index (χ0) is 14.4. The van der Waals surface area contributed by atoms with E-state index in [0.29, 0.717) is 18.6 Å². The third-order valence-electron chi connectivity index (χ3n) is 4.50. The van der Waals surface area contributed by atoms with Crippen LogP contribution in [0.25, 0.3) is 0 Å². The van der Waals surface area contributed by atoms with Crippen LogP contribution in [0.15, 0.2) is 0 Å². The fraction of sp³-hybridized carbons (Fsp3) is 0.933. The van der Waals surface area contributed by atoms with E-state index in [2.05, 4.69) is 31.0 Å². The quantitative estimate of drug-likeness (QED) is 0.772. The second-order valence-corrected chi connectivity index (χ2v) is 5.95. The molecule has 0 aromatic heterocycles. The van der Waals surface area contributed by atoms with Crippen molar-refractivity contribution in [2.45, 2.75) is 71.5 Å². The molecular formula is C15H31N3O. The monoisotopic (exact) mass is 269 g/mol. The van der Waals surface area contributed by atoms with Crippen molar-refractivity contribution < 1.29 is 4.79 Å². The van der Waals surface area contributed by atoms with Gasteiger partial charge in [0.05, 0.1) is 6.04 Å². The Morgan fingerprint density at radius 2 is 2.05 bits per heavy atom. The topological polar surface area (TPSA) is 58.4 Å². The number of nitrogens with two attached hydrogens (primary N) is 1. The van der Waals surface area contributed by atoms with Crippen LogP contribution in [0.5, 0.6) is 0 Å². The van der Waals surface area contributed by atoms with Gasteiger partial charge in [0, 0.05) is 18.6 Å². The number of hydrogen-bond donors (Lipinski definition) is 2. The molecule has 3 N–H and O–H groups in total. The summed E-state index contributed by atoms with van der Waals surface area (Å²) in [5, 5.41) is 3.15. The third kappa shape index (κ3) is 4.46. The highest BCUT2D eigenvalue weighted by atomic mass is 16.2. The van der Waals surface area contributed by atoms with Crippen molar-refractivity contribution in [3.05, 3.63) is 0 Å². The molecule has 1 aliphatic heterocycles. The first-order valence-electron chi connectivity index (χ1n) is 7.79. The van der Waals surface area contributed by atoms with Crippen LogP contribution in [0.1, 0.15) is 53.4 Å². The zero-order valence-corrected chi connectivity index (χ0v) is 13.0. The lowest BCUT2D eigenvalue weighted by Gasteiger charge is -2.41. The number of hydrogen-bond acceptors (Lipinski definition) is 3. The van der Waals surface area contributed by atoms with Gasteiger partial charge in [-0.1, -0.05) is 20.8 Å². The molecule has 1 heterocycles. The van der Waals surface area contributed by atoms with E-state index >= 15 is 0 Å². The molecule has 1 rings (SSSR count). The summed E-state index contributed by atoms with van der Waals surface area (Å²) in [5.74, 6) is 0.876. The second kappa shape index (κ2) is 7.85. The average molecular weight is 269 g/mol. The molecule has 0 aromatic carbocycles. The number of carbonyl (C=O) groups excluding carboxylic acids is 1. The van der Waals surface area contributed by atoms with Crippen LogP contribution >= 0.6 is 0 Å². The minimum atomic E-state index is -0.0679. The van der Waals surface area contributed by atoms with Gasteiger partial charge in [-0.25, -0.2) is 0 Å². The highest BCUT2D eigenvalue weighted by Gasteiger charge is 2.32. The Bertz CT molecular complexity index is 279. The first kappa shape index (κ1) is 16.4. The maximum absolute atomic E-state index is 12.3. The molecule has 1 aliphatic rings. The van der Waals surface area contributed by atoms with Gasteiger partial charge in [-0.05, 0) is 45.1 Å². The fourth-order valence-electron chi connectivity index (χ4n) is 2.98. The smallest absolute Gasteiger partial charge is 0.237 e. The summed E-state index contributed by atoms with van der Waals surface area (Å²) in [6.07, 6.45) is 4.26. The Morgan fingerprint density at radius 3 is 2.58 bits per heavy atom. The molecule has 112 valence electrons. The SMILES string of the molecule is CCC(CC)NC(=O)C(C)N1CCC(C)CC1CN. The average Bonchev–Trinajstić information content (AvgIpc) is 2.43. The van der Waals surface area contributed by atoms with E-state index < -0.39 is 0 Å². The summed E-state index contributed by atoms with van der Waals surface area (Å²) < 4.78 is 0. The molecule has 1 fully saturated rings. The van der Waals surface area contributed by atoms with Gasteiger partial charge in [0.25, 0.3) is 0 Å². The molecule has 3 atom stereocenters. The first-order chi connectivity index (χ1) is 9.03. The van der Waals surface area contributed by atoms with Crippen molar-refractivity contribution in [2.24, 2.45) is 11.7 Å². The zero-order valence-electron chi connectivity index (χ0n) is 13.0. The van der Waals surface area contributed by atoms with E-state index in [1.54, 1.807) is 0 Å². The number of amides is 1. The molecule has 0 bridgehead atoms. The van der Waals surface area contributed by atoms with Crippen LogP contribution in [-0.4, -0.2) is 42.0 Å². The van der Waals surface area contributed by atoms with Gasteiger partial charge in [0.15, 0.2) is 0 Å². The van der Waals surface area contributed by atoms with Crippen LogP contribution in [0.2, 0.25) is 0 Å². The highest BCUT2D eigenvalue weighted by Crippen LogP contribution is 2.23. The van der Waals surface area contributed by atoms with E-state index in [1.807, 2.05) is 6.92 Å². The van der Waals surface area contributed by atoms with E-state index in [0.717, 1.165) is 31.7 Å². The minimum Gasteiger partial charge on any atom is -0.352 e. The number of carbonyl (C=O) groups is 1. The predicted molar refractivity (Wildman–Crippen MR) is 79.9 cm³/mol. The van der Waals surface area contributed by atoms with Crippen molar-refractivity contribution in [1.29, 1.82) is 0 Å². The lowest BCUT2D eigenvalue weighted by atomic mass is 9.91. The van der Waals surface area contributed by atoms with Gasteiger partial charge in [-0.15, -0.1) is 0 Å². The Morgan fingerprint density at radius 1 is 1.42 bits per heavy atom. The molecule has 1 amide bonds. The number of nitrogens with zero attached hydrogens (tertiary/aromatic N) is 1. The van der Waals surface area contributed by atoms with Crippen LogP contribution in [-0.2, 0) is 4.79 Å². The van der Waals surface area contributed by atoms with E-state index in [4.69, 9.17) is 5.73 Å². The lowest BCUT2D eigenvalue weighted by Crippen LogP contribution is -2.56. The Kier molecular flexibility index (Phi) is 6.80. The summed E-state index contributed by atoms with van der Waals surface area (Å²) in [6.45, 7) is 10.1. The molecule has 3 unspecified atom stereocenters. The maximum atomic E-state index is 12.3. The molecule has 0 aromatic rings.